The summed E-state index contributed by atoms with van der Waals surface area (Å²) in [7, 11) is -3.55. The van der Waals surface area contributed by atoms with Gasteiger partial charge in [0.05, 0.1) is 12.6 Å². The molecule has 0 amide bonds. The van der Waals surface area contributed by atoms with Crippen molar-refractivity contribution in [2.75, 3.05) is 6.54 Å². The van der Waals surface area contributed by atoms with E-state index in [0.29, 0.717) is 25.3 Å². The average Bonchev–Trinajstić information content (AvgIpc) is 2.77. The van der Waals surface area contributed by atoms with E-state index in [9.17, 15) is 8.42 Å². The summed E-state index contributed by atoms with van der Waals surface area (Å²) in [5.41, 5.74) is 0. The highest BCUT2D eigenvalue weighted by Gasteiger charge is 2.33. The molecule has 1 aliphatic rings. The molecule has 1 aromatic heterocycles. The van der Waals surface area contributed by atoms with Crippen LogP contribution in [0.25, 0.3) is 0 Å². The molecule has 0 spiro atoms. The Morgan fingerprint density at radius 2 is 2.35 bits per heavy atom. The Kier molecular flexibility index (Phi) is 3.13. The Bertz CT molecular complexity index is 544. The molecule has 1 unspecified atom stereocenters. The summed E-state index contributed by atoms with van der Waals surface area (Å²) in [5.74, 6) is 0.618. The number of hydrogen-bond acceptors (Lipinski definition) is 5. The maximum atomic E-state index is 12.1. The fraction of sp³-hybridized carbons (Fsp3) is 0.667. The number of aromatic nitrogens is 3. The van der Waals surface area contributed by atoms with Crippen molar-refractivity contribution in [3.63, 3.8) is 0 Å². The summed E-state index contributed by atoms with van der Waals surface area (Å²) in [6.45, 7) is 2.79. The first-order valence-electron chi connectivity index (χ1n) is 5.35. The Balaban J connectivity index is 2.24. The van der Waals surface area contributed by atoms with Gasteiger partial charge in [-0.15, -0.1) is 10.2 Å². The molecular formula is C9H13N5O2S. The van der Waals surface area contributed by atoms with Gasteiger partial charge in [-0.05, 0) is 6.42 Å². The van der Waals surface area contributed by atoms with Crippen LogP contribution >= 0.6 is 0 Å². The molecule has 17 heavy (non-hydrogen) atoms. The second kappa shape index (κ2) is 4.43. The van der Waals surface area contributed by atoms with E-state index in [4.69, 9.17) is 5.26 Å². The van der Waals surface area contributed by atoms with Gasteiger partial charge >= 0.3 is 0 Å². The zero-order chi connectivity index (χ0) is 12.5. The van der Waals surface area contributed by atoms with Crippen molar-refractivity contribution in [1.82, 2.24) is 19.1 Å². The topological polar surface area (TPSA) is 91.9 Å². The van der Waals surface area contributed by atoms with Crippen LogP contribution in [0.4, 0.5) is 0 Å². The minimum atomic E-state index is -3.55. The fourth-order valence-electron chi connectivity index (χ4n) is 1.81. The molecule has 0 aromatic carbocycles. The molecule has 92 valence electrons. The summed E-state index contributed by atoms with van der Waals surface area (Å²) >= 11 is 0. The van der Waals surface area contributed by atoms with E-state index in [1.807, 2.05) is 10.6 Å². The SMILES string of the molecule is CCC(C#N)S(=O)(=O)N1CCn2cnnc2C1. The highest BCUT2D eigenvalue weighted by atomic mass is 32.2. The van der Waals surface area contributed by atoms with Gasteiger partial charge in [0.25, 0.3) is 0 Å². The summed E-state index contributed by atoms with van der Waals surface area (Å²) < 4.78 is 27.4. The standard InChI is InChI=1S/C9H13N5O2S/c1-2-8(5-10)17(15,16)14-4-3-13-7-11-12-9(13)6-14/h7-8H,2-4,6H2,1H3. The minimum Gasteiger partial charge on any atom is -0.315 e. The quantitative estimate of drug-likeness (QED) is 0.741. The molecule has 0 N–H and O–H groups in total. The van der Waals surface area contributed by atoms with Crippen LogP contribution in [0.2, 0.25) is 0 Å². The minimum absolute atomic E-state index is 0.195. The maximum absolute atomic E-state index is 12.1. The van der Waals surface area contributed by atoms with Gasteiger partial charge in [0.15, 0.2) is 5.25 Å². The van der Waals surface area contributed by atoms with Crippen LogP contribution in [-0.2, 0) is 23.1 Å². The van der Waals surface area contributed by atoms with Crippen LogP contribution in [0.5, 0.6) is 0 Å². The molecule has 7 nitrogen and oxygen atoms in total. The van der Waals surface area contributed by atoms with E-state index in [0.717, 1.165) is 0 Å². The van der Waals surface area contributed by atoms with Crippen molar-refractivity contribution in [3.8, 4) is 6.07 Å². The normalized spacial score (nSPS) is 18.4. The van der Waals surface area contributed by atoms with Gasteiger partial charge in [-0.2, -0.15) is 9.57 Å². The third-order valence-electron chi connectivity index (χ3n) is 2.84. The van der Waals surface area contributed by atoms with E-state index in [2.05, 4.69) is 10.2 Å². The van der Waals surface area contributed by atoms with Crippen LogP contribution in [0.1, 0.15) is 19.2 Å². The molecule has 0 aliphatic carbocycles. The molecule has 0 radical (unpaired) electrons. The molecule has 0 saturated heterocycles. The molecule has 0 saturated carbocycles. The number of nitriles is 1. The molecule has 8 heteroatoms. The molecule has 1 atom stereocenters. The van der Waals surface area contributed by atoms with Crippen molar-refractivity contribution in [3.05, 3.63) is 12.2 Å². The number of fused-ring (bicyclic) bond motifs is 1. The Morgan fingerprint density at radius 3 is 3.00 bits per heavy atom. The van der Waals surface area contributed by atoms with Crippen LogP contribution in [0, 0.1) is 11.3 Å². The van der Waals surface area contributed by atoms with Gasteiger partial charge in [-0.1, -0.05) is 6.92 Å². The molecule has 0 fully saturated rings. The van der Waals surface area contributed by atoms with Crippen molar-refractivity contribution < 1.29 is 8.42 Å². The Morgan fingerprint density at radius 1 is 1.59 bits per heavy atom. The molecule has 2 heterocycles. The lowest BCUT2D eigenvalue weighted by molar-refractivity contribution is 0.333. The monoisotopic (exact) mass is 255 g/mol. The lowest BCUT2D eigenvalue weighted by atomic mass is 10.4. The van der Waals surface area contributed by atoms with E-state index in [1.165, 1.54) is 4.31 Å². The van der Waals surface area contributed by atoms with Crippen molar-refractivity contribution in [1.29, 1.82) is 5.26 Å². The molecule has 2 rings (SSSR count). The van der Waals surface area contributed by atoms with Gasteiger partial charge in [0, 0.05) is 13.1 Å². The van der Waals surface area contributed by atoms with E-state index in [1.54, 1.807) is 13.3 Å². The zero-order valence-corrected chi connectivity index (χ0v) is 10.3. The summed E-state index contributed by atoms with van der Waals surface area (Å²) in [4.78, 5) is 0. The number of nitrogens with zero attached hydrogens (tertiary/aromatic N) is 5. The first-order chi connectivity index (χ1) is 8.09. The predicted octanol–water partition coefficient (Wildman–Crippen LogP) is -0.274. The fourth-order valence-corrected chi connectivity index (χ4v) is 3.36. The van der Waals surface area contributed by atoms with Gasteiger partial charge in [0.1, 0.15) is 12.2 Å². The van der Waals surface area contributed by atoms with Crippen molar-refractivity contribution >= 4 is 10.0 Å². The Hall–Kier alpha value is -1.46. The summed E-state index contributed by atoms with van der Waals surface area (Å²) in [5, 5.41) is 15.5. The van der Waals surface area contributed by atoms with Crippen molar-refractivity contribution in [2.45, 2.75) is 31.7 Å². The Labute approximate surface area is 99.7 Å². The number of sulfonamides is 1. The molecular weight excluding hydrogens is 242 g/mol. The maximum Gasteiger partial charge on any atom is 0.230 e. The zero-order valence-electron chi connectivity index (χ0n) is 9.44. The van der Waals surface area contributed by atoms with Gasteiger partial charge in [-0.3, -0.25) is 0 Å². The third-order valence-corrected chi connectivity index (χ3v) is 5.03. The lowest BCUT2D eigenvalue weighted by Crippen LogP contribution is -2.42. The predicted molar refractivity (Wildman–Crippen MR) is 59.0 cm³/mol. The first-order valence-corrected chi connectivity index (χ1v) is 6.85. The van der Waals surface area contributed by atoms with Crippen LogP contribution in [0.15, 0.2) is 6.33 Å². The summed E-state index contributed by atoms with van der Waals surface area (Å²) in [6.07, 6.45) is 1.88. The number of rotatable bonds is 3. The third kappa shape index (κ3) is 2.03. The first kappa shape index (κ1) is 12.0. The highest BCUT2D eigenvalue weighted by Crippen LogP contribution is 2.18. The summed E-state index contributed by atoms with van der Waals surface area (Å²) in [6, 6.07) is 1.83. The van der Waals surface area contributed by atoms with Crippen LogP contribution < -0.4 is 0 Å². The van der Waals surface area contributed by atoms with Crippen molar-refractivity contribution in [2.24, 2.45) is 0 Å². The van der Waals surface area contributed by atoms with E-state index < -0.39 is 15.3 Å². The number of hydrogen-bond donors (Lipinski definition) is 0. The average molecular weight is 255 g/mol. The second-order valence-electron chi connectivity index (χ2n) is 3.85. The molecule has 0 bridgehead atoms. The van der Waals surface area contributed by atoms with Crippen LogP contribution in [0.3, 0.4) is 0 Å². The smallest absolute Gasteiger partial charge is 0.230 e. The lowest BCUT2D eigenvalue weighted by Gasteiger charge is -2.27. The van der Waals surface area contributed by atoms with E-state index in [-0.39, 0.29) is 6.54 Å². The molecule has 1 aromatic rings. The van der Waals surface area contributed by atoms with E-state index >= 15 is 0 Å². The van der Waals surface area contributed by atoms with Gasteiger partial charge < -0.3 is 4.57 Å². The van der Waals surface area contributed by atoms with Gasteiger partial charge in [0.2, 0.25) is 10.0 Å². The molecule has 1 aliphatic heterocycles. The van der Waals surface area contributed by atoms with Gasteiger partial charge in [-0.25, -0.2) is 8.42 Å². The van der Waals surface area contributed by atoms with Crippen LogP contribution in [-0.4, -0.2) is 39.3 Å². The highest BCUT2D eigenvalue weighted by molar-refractivity contribution is 7.89. The largest absolute Gasteiger partial charge is 0.315 e. The second-order valence-corrected chi connectivity index (χ2v) is 5.96.